The summed E-state index contributed by atoms with van der Waals surface area (Å²) in [5.41, 5.74) is 0.390. The number of aromatic hydroxyl groups is 1. The van der Waals surface area contributed by atoms with Crippen molar-refractivity contribution >= 4 is 21.8 Å². The molecule has 2 N–H and O–H groups in total. The van der Waals surface area contributed by atoms with Crippen LogP contribution in [0.1, 0.15) is 29.6 Å². The van der Waals surface area contributed by atoms with E-state index < -0.39 is 0 Å². The summed E-state index contributed by atoms with van der Waals surface area (Å²) >= 11 is 3.29. The maximum atomic E-state index is 12.5. The molecule has 0 aromatic heterocycles. The molecule has 1 aromatic rings. The van der Waals surface area contributed by atoms with Crippen LogP contribution < -0.4 is 5.32 Å². The number of nitrogens with zero attached hydrogens (tertiary/aromatic N) is 1. The van der Waals surface area contributed by atoms with Gasteiger partial charge in [-0.1, -0.05) is 15.9 Å². The molecule has 102 valence electrons. The third-order valence-corrected chi connectivity index (χ3v) is 4.49. The van der Waals surface area contributed by atoms with Crippen LogP contribution in [0.3, 0.4) is 0 Å². The van der Waals surface area contributed by atoms with Gasteiger partial charge in [0.1, 0.15) is 5.75 Å². The fraction of sp³-hybridized carbons (Fsp3) is 0.500. The van der Waals surface area contributed by atoms with Gasteiger partial charge in [-0.25, -0.2) is 0 Å². The second-order valence-electron chi connectivity index (χ2n) is 5.34. The average Bonchev–Trinajstić information content (AvgIpc) is 2.68. The lowest BCUT2D eigenvalue weighted by atomic mass is 10.1. The highest BCUT2D eigenvalue weighted by Crippen LogP contribution is 2.26. The molecule has 0 spiro atoms. The molecule has 2 saturated heterocycles. The Morgan fingerprint density at radius 2 is 2.11 bits per heavy atom. The summed E-state index contributed by atoms with van der Waals surface area (Å²) in [5.74, 6) is -0.0268. The second kappa shape index (κ2) is 5.13. The van der Waals surface area contributed by atoms with E-state index in [1.54, 1.807) is 18.2 Å². The van der Waals surface area contributed by atoms with Gasteiger partial charge in [0.15, 0.2) is 0 Å². The molecule has 1 aromatic carbocycles. The Morgan fingerprint density at radius 3 is 2.89 bits per heavy atom. The molecule has 4 nitrogen and oxygen atoms in total. The largest absolute Gasteiger partial charge is 0.507 e. The minimum absolute atomic E-state index is 0.0433. The first-order chi connectivity index (χ1) is 9.13. The van der Waals surface area contributed by atoms with Crippen molar-refractivity contribution in [3.63, 3.8) is 0 Å². The number of carbonyl (C=O) groups excluding carboxylic acids is 1. The third kappa shape index (κ3) is 2.62. The molecule has 1 amide bonds. The summed E-state index contributed by atoms with van der Waals surface area (Å²) in [7, 11) is 0. The van der Waals surface area contributed by atoms with Crippen LogP contribution in [-0.2, 0) is 0 Å². The van der Waals surface area contributed by atoms with Gasteiger partial charge in [-0.3, -0.25) is 4.79 Å². The fourth-order valence-corrected chi connectivity index (χ4v) is 3.33. The summed E-state index contributed by atoms with van der Waals surface area (Å²) in [6.45, 7) is 1.51. The number of hydrogen-bond acceptors (Lipinski definition) is 3. The quantitative estimate of drug-likeness (QED) is 0.832. The van der Waals surface area contributed by atoms with Crippen molar-refractivity contribution in [3.8, 4) is 5.75 Å². The van der Waals surface area contributed by atoms with Crippen molar-refractivity contribution < 1.29 is 9.90 Å². The Hall–Kier alpha value is -1.07. The van der Waals surface area contributed by atoms with Gasteiger partial charge in [0.2, 0.25) is 0 Å². The summed E-state index contributed by atoms with van der Waals surface area (Å²) in [6.07, 6.45) is 3.36. The molecule has 0 aliphatic carbocycles. The summed E-state index contributed by atoms with van der Waals surface area (Å²) in [6, 6.07) is 6.00. The molecule has 2 unspecified atom stereocenters. The van der Waals surface area contributed by atoms with E-state index in [0.29, 0.717) is 17.6 Å². The van der Waals surface area contributed by atoms with Gasteiger partial charge < -0.3 is 15.3 Å². The molecule has 3 rings (SSSR count). The van der Waals surface area contributed by atoms with Gasteiger partial charge in [-0.2, -0.15) is 0 Å². The van der Waals surface area contributed by atoms with E-state index in [2.05, 4.69) is 21.2 Å². The second-order valence-corrected chi connectivity index (χ2v) is 6.25. The monoisotopic (exact) mass is 324 g/mol. The van der Waals surface area contributed by atoms with E-state index in [4.69, 9.17) is 0 Å². The molecule has 2 fully saturated rings. The van der Waals surface area contributed by atoms with Crippen molar-refractivity contribution in [2.45, 2.75) is 31.3 Å². The Kier molecular flexibility index (Phi) is 3.50. The molecule has 2 heterocycles. The minimum atomic E-state index is -0.0700. The van der Waals surface area contributed by atoms with Crippen molar-refractivity contribution in [2.24, 2.45) is 0 Å². The molecule has 0 saturated carbocycles. The Balaban J connectivity index is 1.79. The van der Waals surface area contributed by atoms with Gasteiger partial charge >= 0.3 is 0 Å². The molecule has 2 atom stereocenters. The number of nitrogens with one attached hydrogen (secondary N) is 1. The third-order valence-electron chi connectivity index (χ3n) is 4.00. The highest BCUT2D eigenvalue weighted by atomic mass is 79.9. The van der Waals surface area contributed by atoms with Crippen LogP contribution in [0.4, 0.5) is 0 Å². The van der Waals surface area contributed by atoms with Crippen molar-refractivity contribution in [3.05, 3.63) is 28.2 Å². The first-order valence-electron chi connectivity index (χ1n) is 6.67. The summed E-state index contributed by atoms with van der Waals surface area (Å²) in [5, 5.41) is 13.5. The first kappa shape index (κ1) is 12.9. The zero-order valence-corrected chi connectivity index (χ0v) is 12.2. The molecular formula is C14H17BrN2O2. The van der Waals surface area contributed by atoms with Gasteiger partial charge in [0, 0.05) is 29.6 Å². The van der Waals surface area contributed by atoms with E-state index in [1.807, 2.05) is 4.90 Å². The number of phenols is 1. The van der Waals surface area contributed by atoms with Crippen molar-refractivity contribution in [1.29, 1.82) is 0 Å². The lowest BCUT2D eigenvalue weighted by Gasteiger charge is -2.24. The lowest BCUT2D eigenvalue weighted by molar-refractivity contribution is 0.0745. The van der Waals surface area contributed by atoms with E-state index in [0.717, 1.165) is 30.4 Å². The van der Waals surface area contributed by atoms with E-state index in [1.165, 1.54) is 6.42 Å². The number of carbonyl (C=O) groups is 1. The van der Waals surface area contributed by atoms with Gasteiger partial charge in [0.25, 0.3) is 5.91 Å². The first-order valence-corrected chi connectivity index (χ1v) is 7.46. The van der Waals surface area contributed by atoms with Gasteiger partial charge in [-0.15, -0.1) is 0 Å². The Bertz CT molecular complexity index is 506. The van der Waals surface area contributed by atoms with Crippen LogP contribution >= 0.6 is 15.9 Å². The molecule has 2 aliphatic heterocycles. The topological polar surface area (TPSA) is 52.6 Å². The number of phenolic OH excluding ortho intramolecular Hbond substituents is 1. The van der Waals surface area contributed by atoms with Gasteiger partial charge in [0.05, 0.1) is 5.56 Å². The van der Waals surface area contributed by atoms with E-state index in [9.17, 15) is 9.90 Å². The zero-order chi connectivity index (χ0) is 13.4. The maximum Gasteiger partial charge on any atom is 0.257 e. The maximum absolute atomic E-state index is 12.5. The predicted octanol–water partition coefficient (Wildman–Crippen LogP) is 2.12. The van der Waals surface area contributed by atoms with Crippen LogP contribution in [0, 0.1) is 0 Å². The summed E-state index contributed by atoms with van der Waals surface area (Å²) in [4.78, 5) is 14.3. The van der Waals surface area contributed by atoms with Crippen LogP contribution in [0.2, 0.25) is 0 Å². The van der Waals surface area contributed by atoms with Crippen LogP contribution in [0.15, 0.2) is 22.7 Å². The zero-order valence-electron chi connectivity index (χ0n) is 10.6. The smallest absolute Gasteiger partial charge is 0.257 e. The van der Waals surface area contributed by atoms with Crippen LogP contribution in [0.25, 0.3) is 0 Å². The molecule has 19 heavy (non-hydrogen) atoms. The average molecular weight is 325 g/mol. The molecule has 2 aliphatic rings. The normalized spacial score (nSPS) is 26.3. The van der Waals surface area contributed by atoms with Crippen LogP contribution in [0.5, 0.6) is 5.75 Å². The number of fused-ring (bicyclic) bond motifs is 2. The van der Waals surface area contributed by atoms with E-state index in [-0.39, 0.29) is 11.7 Å². The molecule has 5 heteroatoms. The van der Waals surface area contributed by atoms with Crippen molar-refractivity contribution in [1.82, 2.24) is 10.2 Å². The molecule has 0 radical (unpaired) electrons. The van der Waals surface area contributed by atoms with E-state index >= 15 is 0 Å². The molecule has 2 bridgehead atoms. The van der Waals surface area contributed by atoms with Crippen LogP contribution in [-0.4, -0.2) is 41.1 Å². The SMILES string of the molecule is O=C(c1ccc(Br)cc1O)N1CCC2CCC(C1)N2. The Morgan fingerprint density at radius 1 is 1.32 bits per heavy atom. The fourth-order valence-electron chi connectivity index (χ4n) is 2.98. The number of likely N-dealkylation sites (tertiary alicyclic amines) is 1. The predicted molar refractivity (Wildman–Crippen MR) is 76.3 cm³/mol. The van der Waals surface area contributed by atoms with Crippen molar-refractivity contribution in [2.75, 3.05) is 13.1 Å². The summed E-state index contributed by atoms with van der Waals surface area (Å²) < 4.78 is 0.776. The molecular weight excluding hydrogens is 308 g/mol. The number of halogens is 1. The number of benzene rings is 1. The number of amides is 1. The standard InChI is InChI=1S/C14H17BrN2O2/c15-9-1-4-12(13(18)7-9)14(19)17-6-5-10-2-3-11(8-17)16-10/h1,4,7,10-11,16,18H,2-3,5-6,8H2. The number of rotatable bonds is 1. The number of hydrogen-bond donors (Lipinski definition) is 2. The lowest BCUT2D eigenvalue weighted by Crippen LogP contribution is -2.39. The highest BCUT2D eigenvalue weighted by molar-refractivity contribution is 9.10. The highest BCUT2D eigenvalue weighted by Gasteiger charge is 2.31. The Labute approximate surface area is 120 Å². The minimum Gasteiger partial charge on any atom is -0.507 e. The van der Waals surface area contributed by atoms with Gasteiger partial charge in [-0.05, 0) is 37.5 Å².